The van der Waals surface area contributed by atoms with Gasteiger partial charge in [-0.3, -0.25) is 0 Å². The third-order valence-electron chi connectivity index (χ3n) is 8.23. The number of rotatable bonds is 7. The molecule has 2 aliphatic carbocycles. The molecule has 0 radical (unpaired) electrons. The Morgan fingerprint density at radius 2 is 1.58 bits per heavy atom. The summed E-state index contributed by atoms with van der Waals surface area (Å²) in [5.74, 6) is 1.89. The van der Waals surface area contributed by atoms with Crippen molar-refractivity contribution in [2.45, 2.75) is 89.9 Å². The van der Waals surface area contributed by atoms with E-state index in [0.29, 0.717) is 29.7 Å². The molecular weight excluding hydrogens is 386 g/mol. The molecule has 2 aromatic carbocycles. The van der Waals surface area contributed by atoms with E-state index in [1.807, 2.05) is 18.2 Å². The van der Waals surface area contributed by atoms with Crippen LogP contribution in [0.3, 0.4) is 0 Å². The van der Waals surface area contributed by atoms with Gasteiger partial charge in [-0.05, 0) is 104 Å². The first-order valence-corrected chi connectivity index (χ1v) is 12.6. The number of aryl methyl sites for hydroxylation is 1. The van der Waals surface area contributed by atoms with E-state index in [9.17, 15) is 8.78 Å². The molecule has 0 spiro atoms. The maximum absolute atomic E-state index is 14.8. The first-order chi connectivity index (χ1) is 15.1. The number of hydrogen-bond acceptors (Lipinski definition) is 0. The van der Waals surface area contributed by atoms with Crippen molar-refractivity contribution in [3.8, 4) is 0 Å². The van der Waals surface area contributed by atoms with Crippen LogP contribution in [0.1, 0.15) is 94.6 Å². The van der Waals surface area contributed by atoms with Crippen LogP contribution in [0.4, 0.5) is 8.78 Å². The minimum Gasteiger partial charge on any atom is -0.203 e. The lowest BCUT2D eigenvalue weighted by molar-refractivity contribution is 0.156. The quantitative estimate of drug-likeness (QED) is 0.389. The van der Waals surface area contributed by atoms with Crippen molar-refractivity contribution in [3.63, 3.8) is 0 Å². The van der Waals surface area contributed by atoms with Crippen LogP contribution in [0.2, 0.25) is 0 Å². The number of benzene rings is 2. The van der Waals surface area contributed by atoms with Crippen molar-refractivity contribution < 1.29 is 8.78 Å². The summed E-state index contributed by atoms with van der Waals surface area (Å²) in [4.78, 5) is 0. The van der Waals surface area contributed by atoms with Gasteiger partial charge in [0.05, 0.1) is 0 Å². The monoisotopic (exact) mass is 424 g/mol. The fraction of sp³-hybridized carbons (Fsp3) is 0.586. The van der Waals surface area contributed by atoms with Crippen LogP contribution in [-0.4, -0.2) is 0 Å². The second-order valence-corrected chi connectivity index (χ2v) is 10.2. The van der Waals surface area contributed by atoms with Crippen LogP contribution in [0.5, 0.6) is 0 Å². The van der Waals surface area contributed by atoms with E-state index in [4.69, 9.17) is 0 Å². The summed E-state index contributed by atoms with van der Waals surface area (Å²) < 4.78 is 29.4. The van der Waals surface area contributed by atoms with Gasteiger partial charge >= 0.3 is 0 Å². The molecule has 2 fully saturated rings. The van der Waals surface area contributed by atoms with Gasteiger partial charge < -0.3 is 0 Å². The lowest BCUT2D eigenvalue weighted by atomic mass is 9.68. The molecule has 0 aliphatic heterocycles. The Bertz CT molecular complexity index is 883. The standard InChI is InChI=1S/C29H38F2/c1-3-5-7-26-18-25-17-16-24(19-27(25)29(31)28(26)30)23-14-12-22(13-15-23)21-10-8-20(6-4-2)9-11-21/h3,16-23H,1,4-15H2,2H3. The number of halogens is 2. The van der Waals surface area contributed by atoms with Crippen LogP contribution in [-0.2, 0) is 6.42 Å². The second-order valence-electron chi connectivity index (χ2n) is 10.2. The van der Waals surface area contributed by atoms with Gasteiger partial charge in [0.25, 0.3) is 0 Å². The van der Waals surface area contributed by atoms with E-state index in [-0.39, 0.29) is 0 Å². The predicted octanol–water partition coefficient (Wildman–Crippen LogP) is 9.12. The molecule has 0 amide bonds. The lowest BCUT2D eigenvalue weighted by Crippen LogP contribution is -2.25. The van der Waals surface area contributed by atoms with E-state index in [1.54, 1.807) is 6.08 Å². The molecule has 2 saturated carbocycles. The highest BCUT2D eigenvalue weighted by Gasteiger charge is 2.31. The van der Waals surface area contributed by atoms with E-state index in [0.717, 1.165) is 23.1 Å². The molecular formula is C29H38F2. The Labute approximate surface area is 187 Å². The molecule has 0 unspecified atom stereocenters. The molecule has 0 bridgehead atoms. The highest BCUT2D eigenvalue weighted by molar-refractivity contribution is 5.85. The van der Waals surface area contributed by atoms with Crippen LogP contribution >= 0.6 is 0 Å². The largest absolute Gasteiger partial charge is 0.203 e. The molecule has 2 aromatic rings. The van der Waals surface area contributed by atoms with E-state index < -0.39 is 11.6 Å². The molecule has 2 heteroatoms. The second kappa shape index (κ2) is 10.3. The molecule has 0 N–H and O–H groups in total. The Morgan fingerprint density at radius 1 is 0.903 bits per heavy atom. The van der Waals surface area contributed by atoms with Crippen LogP contribution in [0.25, 0.3) is 10.8 Å². The lowest BCUT2D eigenvalue weighted by Gasteiger charge is -2.38. The van der Waals surface area contributed by atoms with Crippen molar-refractivity contribution in [2.75, 3.05) is 0 Å². The van der Waals surface area contributed by atoms with Gasteiger partial charge in [-0.2, -0.15) is 0 Å². The average Bonchev–Trinajstić information content (AvgIpc) is 2.81. The Hall–Kier alpha value is -1.70. The molecule has 2 aliphatic rings. The van der Waals surface area contributed by atoms with Gasteiger partial charge in [0.2, 0.25) is 0 Å². The molecule has 31 heavy (non-hydrogen) atoms. The van der Waals surface area contributed by atoms with Gasteiger partial charge in [-0.15, -0.1) is 6.58 Å². The fourth-order valence-electron chi connectivity index (χ4n) is 6.37. The zero-order chi connectivity index (χ0) is 21.8. The van der Waals surface area contributed by atoms with Crippen molar-refractivity contribution >= 4 is 10.8 Å². The number of allylic oxidation sites excluding steroid dienone is 1. The zero-order valence-corrected chi connectivity index (χ0v) is 19.1. The normalized spacial score (nSPS) is 26.8. The third-order valence-corrected chi connectivity index (χ3v) is 8.23. The van der Waals surface area contributed by atoms with Crippen molar-refractivity contribution in [2.24, 2.45) is 17.8 Å². The van der Waals surface area contributed by atoms with Gasteiger partial charge in [0, 0.05) is 5.39 Å². The highest BCUT2D eigenvalue weighted by atomic mass is 19.2. The summed E-state index contributed by atoms with van der Waals surface area (Å²) in [5, 5.41) is 1.24. The van der Waals surface area contributed by atoms with E-state index in [1.165, 1.54) is 69.8 Å². The zero-order valence-electron chi connectivity index (χ0n) is 19.1. The van der Waals surface area contributed by atoms with Crippen molar-refractivity contribution in [1.82, 2.24) is 0 Å². The summed E-state index contributed by atoms with van der Waals surface area (Å²) in [5.41, 5.74) is 1.64. The maximum atomic E-state index is 14.8. The third kappa shape index (κ3) is 5.04. The number of hydrogen-bond donors (Lipinski definition) is 0. The predicted molar refractivity (Wildman–Crippen MR) is 127 cm³/mol. The molecule has 168 valence electrons. The summed E-state index contributed by atoms with van der Waals surface area (Å²) in [6.07, 6.45) is 16.3. The summed E-state index contributed by atoms with van der Waals surface area (Å²) in [7, 11) is 0. The molecule has 4 rings (SSSR count). The first-order valence-electron chi connectivity index (χ1n) is 12.6. The van der Waals surface area contributed by atoms with Crippen molar-refractivity contribution in [1.29, 1.82) is 0 Å². The Balaban J connectivity index is 1.41. The van der Waals surface area contributed by atoms with Crippen LogP contribution in [0.15, 0.2) is 36.9 Å². The molecule has 0 saturated heterocycles. The average molecular weight is 425 g/mol. The molecule has 0 heterocycles. The Kier molecular flexibility index (Phi) is 7.46. The Morgan fingerprint density at radius 3 is 2.23 bits per heavy atom. The maximum Gasteiger partial charge on any atom is 0.166 e. The number of fused-ring (bicyclic) bond motifs is 1. The fourth-order valence-corrected chi connectivity index (χ4v) is 6.37. The smallest absolute Gasteiger partial charge is 0.166 e. The van der Waals surface area contributed by atoms with E-state index >= 15 is 0 Å². The van der Waals surface area contributed by atoms with Gasteiger partial charge in [-0.25, -0.2) is 8.78 Å². The highest BCUT2D eigenvalue weighted by Crippen LogP contribution is 2.45. The minimum absolute atomic E-state index is 0.439. The van der Waals surface area contributed by atoms with Crippen LogP contribution in [0, 0.1) is 29.4 Å². The molecule has 0 nitrogen and oxygen atoms in total. The summed E-state index contributed by atoms with van der Waals surface area (Å²) >= 11 is 0. The minimum atomic E-state index is -0.686. The molecule has 0 atom stereocenters. The van der Waals surface area contributed by atoms with Gasteiger partial charge in [-0.1, -0.05) is 50.8 Å². The van der Waals surface area contributed by atoms with E-state index in [2.05, 4.69) is 19.6 Å². The summed E-state index contributed by atoms with van der Waals surface area (Å²) in [6.45, 7) is 5.99. The summed E-state index contributed by atoms with van der Waals surface area (Å²) in [6, 6.07) is 7.88. The van der Waals surface area contributed by atoms with Crippen molar-refractivity contribution in [3.05, 3.63) is 59.7 Å². The van der Waals surface area contributed by atoms with Gasteiger partial charge in [0.1, 0.15) is 0 Å². The van der Waals surface area contributed by atoms with Crippen LogP contribution < -0.4 is 0 Å². The topological polar surface area (TPSA) is 0 Å². The van der Waals surface area contributed by atoms with Gasteiger partial charge in [0.15, 0.2) is 11.6 Å². The first kappa shape index (κ1) is 22.5. The molecule has 0 aromatic heterocycles. The SMILES string of the molecule is C=CCCc1cc2ccc(C3CCC(C4CCC(CCC)CC4)CC3)cc2c(F)c1F.